The molecule has 0 bridgehead atoms. The van der Waals surface area contributed by atoms with Crippen LogP contribution in [0.25, 0.3) is 10.8 Å². The van der Waals surface area contributed by atoms with E-state index >= 15 is 0 Å². The van der Waals surface area contributed by atoms with E-state index in [2.05, 4.69) is 0 Å². The second-order valence-corrected chi connectivity index (χ2v) is 10.5. The van der Waals surface area contributed by atoms with Crippen LogP contribution in [-0.4, -0.2) is 42.2 Å². The molecule has 0 radical (unpaired) electrons. The number of carbonyl (C=O) groups excluding carboxylic acids is 2. The Kier molecular flexibility index (Phi) is 6.88. The Bertz CT molecular complexity index is 1550. The SMILES string of the molecule is COC(=O)c1c(C)c(C(=O)C(C)N(Cc2ccco2)S(=O)(=O)c2cccc3ccccc23)c(C)n1C. The van der Waals surface area contributed by atoms with Crippen molar-refractivity contribution in [2.24, 2.45) is 7.05 Å². The summed E-state index contributed by atoms with van der Waals surface area (Å²) in [5.74, 6) is -0.595. The van der Waals surface area contributed by atoms with E-state index in [9.17, 15) is 18.0 Å². The van der Waals surface area contributed by atoms with Crippen LogP contribution in [0.5, 0.6) is 0 Å². The molecule has 188 valence electrons. The van der Waals surface area contributed by atoms with E-state index in [4.69, 9.17) is 9.15 Å². The van der Waals surface area contributed by atoms with E-state index in [0.29, 0.717) is 28.0 Å². The van der Waals surface area contributed by atoms with Crippen LogP contribution < -0.4 is 0 Å². The third-order valence-electron chi connectivity index (χ3n) is 6.60. The molecule has 2 aromatic heterocycles. The number of benzene rings is 2. The number of rotatable bonds is 8. The van der Waals surface area contributed by atoms with Gasteiger partial charge in [0.1, 0.15) is 11.5 Å². The molecule has 0 aliphatic heterocycles. The lowest BCUT2D eigenvalue weighted by atomic mass is 10.0. The molecule has 0 saturated carbocycles. The lowest BCUT2D eigenvalue weighted by molar-refractivity contribution is 0.0588. The number of ether oxygens (including phenoxy) is 1. The summed E-state index contributed by atoms with van der Waals surface area (Å²) in [5, 5.41) is 1.33. The highest BCUT2D eigenvalue weighted by molar-refractivity contribution is 7.89. The van der Waals surface area contributed by atoms with E-state index in [1.165, 1.54) is 13.4 Å². The average molecular weight is 509 g/mol. The summed E-state index contributed by atoms with van der Waals surface area (Å²) in [6, 6.07) is 14.5. The first-order chi connectivity index (χ1) is 17.1. The zero-order chi connectivity index (χ0) is 26.2. The van der Waals surface area contributed by atoms with Crippen LogP contribution in [0, 0.1) is 13.8 Å². The van der Waals surface area contributed by atoms with Crippen molar-refractivity contribution in [1.82, 2.24) is 8.87 Å². The maximum absolute atomic E-state index is 14.1. The minimum absolute atomic E-state index is 0.101. The van der Waals surface area contributed by atoms with Gasteiger partial charge in [0, 0.05) is 23.7 Å². The van der Waals surface area contributed by atoms with Gasteiger partial charge >= 0.3 is 5.97 Å². The van der Waals surface area contributed by atoms with Gasteiger partial charge in [0.25, 0.3) is 0 Å². The number of esters is 1. The van der Waals surface area contributed by atoms with Gasteiger partial charge < -0.3 is 13.7 Å². The van der Waals surface area contributed by atoms with E-state index < -0.39 is 27.8 Å². The Morgan fingerprint density at radius 2 is 1.75 bits per heavy atom. The van der Waals surface area contributed by atoms with E-state index in [1.807, 2.05) is 18.2 Å². The summed E-state index contributed by atoms with van der Waals surface area (Å²) < 4.78 is 41.3. The first-order valence-electron chi connectivity index (χ1n) is 11.4. The van der Waals surface area contributed by atoms with Crippen LogP contribution >= 0.6 is 0 Å². The summed E-state index contributed by atoms with van der Waals surface area (Å²) in [4.78, 5) is 26.3. The van der Waals surface area contributed by atoms with Gasteiger partial charge in [-0.15, -0.1) is 0 Å². The van der Waals surface area contributed by atoms with Gasteiger partial charge in [0.2, 0.25) is 10.0 Å². The highest BCUT2D eigenvalue weighted by Gasteiger charge is 2.37. The number of ketones is 1. The Morgan fingerprint density at radius 3 is 2.42 bits per heavy atom. The van der Waals surface area contributed by atoms with Gasteiger partial charge in [-0.3, -0.25) is 4.79 Å². The summed E-state index contributed by atoms with van der Waals surface area (Å²) in [5.41, 5.74) is 1.53. The van der Waals surface area contributed by atoms with Gasteiger partial charge in [-0.2, -0.15) is 4.31 Å². The number of sulfonamides is 1. The minimum Gasteiger partial charge on any atom is -0.468 e. The van der Waals surface area contributed by atoms with Gasteiger partial charge in [-0.25, -0.2) is 13.2 Å². The van der Waals surface area contributed by atoms with Crippen molar-refractivity contribution in [1.29, 1.82) is 0 Å². The molecule has 4 aromatic rings. The average Bonchev–Trinajstić information content (AvgIpc) is 3.46. The molecule has 0 N–H and O–H groups in total. The van der Waals surface area contributed by atoms with Crippen LogP contribution in [0.15, 0.2) is 70.2 Å². The molecule has 36 heavy (non-hydrogen) atoms. The molecule has 0 spiro atoms. The van der Waals surface area contributed by atoms with Crippen LogP contribution in [0.3, 0.4) is 0 Å². The maximum atomic E-state index is 14.1. The molecular weight excluding hydrogens is 480 g/mol. The fourth-order valence-corrected chi connectivity index (χ4v) is 6.38. The number of fused-ring (bicyclic) bond motifs is 1. The zero-order valence-corrected chi connectivity index (χ0v) is 21.6. The lowest BCUT2D eigenvalue weighted by Crippen LogP contribution is -2.43. The van der Waals surface area contributed by atoms with Crippen molar-refractivity contribution in [3.05, 3.63) is 89.1 Å². The van der Waals surface area contributed by atoms with Crippen molar-refractivity contribution < 1.29 is 27.2 Å². The Balaban J connectivity index is 1.85. The Hall–Kier alpha value is -3.69. The van der Waals surface area contributed by atoms with E-state index in [1.54, 1.807) is 68.8 Å². The predicted octanol–water partition coefficient (Wildman–Crippen LogP) is 4.64. The molecule has 0 saturated heterocycles. The largest absolute Gasteiger partial charge is 0.468 e. The minimum atomic E-state index is -4.15. The highest BCUT2D eigenvalue weighted by atomic mass is 32.2. The fraction of sp³-hybridized carbons (Fsp3) is 0.259. The highest BCUT2D eigenvalue weighted by Crippen LogP contribution is 2.31. The van der Waals surface area contributed by atoms with Gasteiger partial charge in [-0.05, 0) is 49.9 Å². The molecule has 2 heterocycles. The molecule has 0 amide bonds. The summed E-state index contributed by atoms with van der Waals surface area (Å²) in [6.07, 6.45) is 1.46. The molecule has 1 atom stereocenters. The number of hydrogen-bond donors (Lipinski definition) is 0. The molecule has 1 unspecified atom stereocenters. The smallest absolute Gasteiger partial charge is 0.354 e. The molecule has 9 heteroatoms. The van der Waals surface area contributed by atoms with Crippen molar-refractivity contribution in [3.8, 4) is 0 Å². The lowest BCUT2D eigenvalue weighted by Gasteiger charge is -2.27. The molecule has 0 aliphatic carbocycles. The first-order valence-corrected chi connectivity index (χ1v) is 12.8. The number of aromatic nitrogens is 1. The number of nitrogens with zero attached hydrogens (tertiary/aromatic N) is 2. The normalized spacial score (nSPS) is 12.7. The van der Waals surface area contributed by atoms with E-state index in [-0.39, 0.29) is 17.1 Å². The fourth-order valence-electron chi connectivity index (χ4n) is 4.60. The van der Waals surface area contributed by atoms with Crippen molar-refractivity contribution in [2.45, 2.75) is 38.3 Å². The Labute approximate surface area is 210 Å². The van der Waals surface area contributed by atoms with Gasteiger partial charge in [-0.1, -0.05) is 36.4 Å². The van der Waals surface area contributed by atoms with E-state index in [0.717, 1.165) is 9.69 Å². The molecule has 2 aromatic carbocycles. The monoisotopic (exact) mass is 508 g/mol. The standard InChI is InChI=1S/C27H28N2O6S/c1-17-24(18(2)28(4)25(17)27(31)34-5)26(30)19(3)29(16-21-12-9-15-35-21)36(32,33)23-14-8-11-20-10-6-7-13-22(20)23/h6-15,19H,16H2,1-5H3. The second-order valence-electron chi connectivity index (χ2n) is 8.63. The molecule has 4 rings (SSSR count). The summed E-state index contributed by atoms with van der Waals surface area (Å²) in [7, 11) is -1.21. The Morgan fingerprint density at radius 1 is 1.06 bits per heavy atom. The topological polar surface area (TPSA) is 98.8 Å². The van der Waals surface area contributed by atoms with Crippen molar-refractivity contribution in [3.63, 3.8) is 0 Å². The summed E-state index contributed by atoms with van der Waals surface area (Å²) in [6.45, 7) is 4.79. The van der Waals surface area contributed by atoms with Gasteiger partial charge in [0.05, 0.1) is 30.9 Å². The molecule has 8 nitrogen and oxygen atoms in total. The quantitative estimate of drug-likeness (QED) is 0.254. The number of Topliss-reactive ketones (excluding diaryl/α,β-unsaturated/α-hetero) is 1. The summed E-state index contributed by atoms with van der Waals surface area (Å²) >= 11 is 0. The molecular formula is C27H28N2O6S. The van der Waals surface area contributed by atoms with Crippen LogP contribution in [0.4, 0.5) is 0 Å². The maximum Gasteiger partial charge on any atom is 0.354 e. The van der Waals surface area contributed by atoms with Crippen molar-refractivity contribution in [2.75, 3.05) is 7.11 Å². The third kappa shape index (κ3) is 4.25. The van der Waals surface area contributed by atoms with Crippen LogP contribution in [0.2, 0.25) is 0 Å². The predicted molar refractivity (Wildman–Crippen MR) is 135 cm³/mol. The zero-order valence-electron chi connectivity index (χ0n) is 20.8. The van der Waals surface area contributed by atoms with Crippen molar-refractivity contribution >= 4 is 32.5 Å². The number of hydrogen-bond acceptors (Lipinski definition) is 6. The first kappa shape index (κ1) is 25.4. The second kappa shape index (κ2) is 9.75. The number of carbonyl (C=O) groups is 2. The molecule has 0 fully saturated rings. The van der Waals surface area contributed by atoms with Crippen LogP contribution in [0.1, 0.15) is 44.8 Å². The number of furan rings is 1. The van der Waals surface area contributed by atoms with Crippen LogP contribution in [-0.2, 0) is 28.4 Å². The van der Waals surface area contributed by atoms with Gasteiger partial charge in [0.15, 0.2) is 5.78 Å². The third-order valence-corrected chi connectivity index (χ3v) is 8.57. The number of methoxy groups -OCH3 is 1. The molecule has 0 aliphatic rings.